The van der Waals surface area contributed by atoms with Crippen LogP contribution in [0.4, 0.5) is 5.69 Å². The molecule has 0 amide bonds. The lowest BCUT2D eigenvalue weighted by Gasteiger charge is -2.35. The van der Waals surface area contributed by atoms with Gasteiger partial charge in [0.05, 0.1) is 11.4 Å². The Kier molecular flexibility index (Phi) is 4.57. The van der Waals surface area contributed by atoms with Crippen LogP contribution in [0.25, 0.3) is 0 Å². The van der Waals surface area contributed by atoms with Crippen LogP contribution in [-0.2, 0) is 20.0 Å². The molecular weight excluding hydrogens is 314 g/mol. The van der Waals surface area contributed by atoms with Gasteiger partial charge in [-0.1, -0.05) is 12.1 Å². The molecule has 1 fully saturated rings. The second-order valence-electron chi connectivity index (χ2n) is 4.80. The fourth-order valence-electron chi connectivity index (χ4n) is 2.35. The molecule has 1 heterocycles. The van der Waals surface area contributed by atoms with Gasteiger partial charge < -0.3 is 4.90 Å². The fourth-order valence-corrected chi connectivity index (χ4v) is 4.19. The second kappa shape index (κ2) is 5.91. The predicted molar refractivity (Wildman–Crippen MR) is 81.1 cm³/mol. The number of rotatable bonds is 4. The molecule has 0 aliphatic carbocycles. The molecule has 1 aromatic rings. The largest absolute Gasteiger partial charge is 0.368 e. The van der Waals surface area contributed by atoms with Crippen molar-refractivity contribution in [3.8, 4) is 0 Å². The first-order chi connectivity index (χ1) is 9.75. The van der Waals surface area contributed by atoms with Gasteiger partial charge in [0.25, 0.3) is 0 Å². The monoisotopic (exact) mass is 333 g/mol. The lowest BCUT2D eigenvalue weighted by atomic mass is 10.2. The number of piperazine rings is 1. The Morgan fingerprint density at radius 1 is 1.05 bits per heavy atom. The van der Waals surface area contributed by atoms with Gasteiger partial charge in [0.1, 0.15) is 4.90 Å². The highest BCUT2D eigenvalue weighted by Crippen LogP contribution is 2.25. The Balaban J connectivity index is 2.21. The molecule has 1 saturated heterocycles. The summed E-state index contributed by atoms with van der Waals surface area (Å²) in [6.07, 6.45) is 0. The SMILES string of the molecule is CCS(=O)(=O)N1CCN(c2ccccc2S(N)(=O)=O)CC1. The molecule has 2 N–H and O–H groups in total. The molecule has 9 heteroatoms. The third kappa shape index (κ3) is 3.54. The maximum Gasteiger partial charge on any atom is 0.240 e. The van der Waals surface area contributed by atoms with Crippen molar-refractivity contribution < 1.29 is 16.8 Å². The van der Waals surface area contributed by atoms with Crippen molar-refractivity contribution in [1.82, 2.24) is 4.31 Å². The van der Waals surface area contributed by atoms with Gasteiger partial charge in [-0.25, -0.2) is 22.0 Å². The van der Waals surface area contributed by atoms with Crippen LogP contribution in [0.15, 0.2) is 29.2 Å². The molecule has 0 spiro atoms. The second-order valence-corrected chi connectivity index (χ2v) is 8.59. The average Bonchev–Trinajstić information content (AvgIpc) is 2.46. The molecule has 1 aliphatic heterocycles. The number of nitrogens with zero attached hydrogens (tertiary/aromatic N) is 2. The summed E-state index contributed by atoms with van der Waals surface area (Å²) in [5.41, 5.74) is 0.522. The Hall–Kier alpha value is -1.16. The Labute approximate surface area is 125 Å². The summed E-state index contributed by atoms with van der Waals surface area (Å²) in [7, 11) is -7.00. The van der Waals surface area contributed by atoms with Gasteiger partial charge in [-0.2, -0.15) is 4.31 Å². The van der Waals surface area contributed by atoms with Gasteiger partial charge in [-0.05, 0) is 19.1 Å². The number of hydrogen-bond donors (Lipinski definition) is 1. The minimum Gasteiger partial charge on any atom is -0.368 e. The molecule has 21 heavy (non-hydrogen) atoms. The van der Waals surface area contributed by atoms with Gasteiger partial charge in [-0.15, -0.1) is 0 Å². The average molecular weight is 333 g/mol. The van der Waals surface area contributed by atoms with Crippen LogP contribution in [0.1, 0.15) is 6.92 Å². The van der Waals surface area contributed by atoms with Crippen molar-refractivity contribution in [2.24, 2.45) is 5.14 Å². The maximum atomic E-state index is 11.8. The van der Waals surface area contributed by atoms with Gasteiger partial charge >= 0.3 is 0 Å². The quantitative estimate of drug-likeness (QED) is 0.823. The highest BCUT2D eigenvalue weighted by molar-refractivity contribution is 7.89. The minimum absolute atomic E-state index is 0.0665. The first-order valence-electron chi connectivity index (χ1n) is 6.60. The number of sulfonamides is 2. The summed E-state index contributed by atoms with van der Waals surface area (Å²) in [6.45, 7) is 3.17. The van der Waals surface area contributed by atoms with E-state index in [0.29, 0.717) is 31.9 Å². The van der Waals surface area contributed by atoms with E-state index in [4.69, 9.17) is 5.14 Å². The van der Waals surface area contributed by atoms with E-state index in [0.717, 1.165) is 0 Å². The molecule has 0 saturated carbocycles. The minimum atomic E-state index is -3.80. The normalized spacial score (nSPS) is 17.9. The number of benzene rings is 1. The molecule has 0 atom stereocenters. The third-order valence-corrected chi connectivity index (χ3v) is 6.35. The molecule has 2 rings (SSSR count). The first kappa shape index (κ1) is 16.2. The van der Waals surface area contributed by atoms with E-state index in [1.807, 2.05) is 4.90 Å². The van der Waals surface area contributed by atoms with E-state index in [1.54, 1.807) is 25.1 Å². The lowest BCUT2D eigenvalue weighted by Crippen LogP contribution is -2.49. The van der Waals surface area contributed by atoms with Crippen molar-refractivity contribution in [2.45, 2.75) is 11.8 Å². The number of nitrogens with two attached hydrogens (primary N) is 1. The summed E-state index contributed by atoms with van der Waals surface area (Å²) < 4.78 is 48.3. The molecule has 1 aromatic carbocycles. The van der Waals surface area contributed by atoms with Crippen molar-refractivity contribution >= 4 is 25.7 Å². The molecule has 7 nitrogen and oxygen atoms in total. The standard InChI is InChI=1S/C12H19N3O4S2/c1-2-20(16,17)15-9-7-14(8-10-15)11-5-3-4-6-12(11)21(13,18)19/h3-6H,2,7-10H2,1H3,(H2,13,18,19). The zero-order valence-electron chi connectivity index (χ0n) is 11.8. The van der Waals surface area contributed by atoms with Gasteiger partial charge in [-0.3, -0.25) is 0 Å². The van der Waals surface area contributed by atoms with Crippen molar-refractivity contribution in [2.75, 3.05) is 36.8 Å². The van der Waals surface area contributed by atoms with Crippen molar-refractivity contribution in [3.63, 3.8) is 0 Å². The molecule has 0 aromatic heterocycles. The topological polar surface area (TPSA) is 101 Å². The van der Waals surface area contributed by atoms with Crippen LogP contribution in [0.2, 0.25) is 0 Å². The van der Waals surface area contributed by atoms with Crippen LogP contribution in [-0.4, -0.2) is 53.1 Å². The Bertz CT molecular complexity index is 708. The highest BCUT2D eigenvalue weighted by atomic mass is 32.2. The molecule has 0 radical (unpaired) electrons. The van der Waals surface area contributed by atoms with E-state index in [1.165, 1.54) is 10.4 Å². The molecule has 0 bridgehead atoms. The summed E-state index contributed by atoms with van der Waals surface area (Å²) in [5, 5.41) is 5.22. The zero-order chi connectivity index (χ0) is 15.7. The smallest absolute Gasteiger partial charge is 0.240 e. The Morgan fingerprint density at radius 2 is 1.62 bits per heavy atom. The molecule has 0 unspecified atom stereocenters. The van der Waals surface area contributed by atoms with E-state index in [9.17, 15) is 16.8 Å². The van der Waals surface area contributed by atoms with Crippen LogP contribution < -0.4 is 10.0 Å². The maximum absolute atomic E-state index is 11.8. The lowest BCUT2D eigenvalue weighted by molar-refractivity contribution is 0.385. The van der Waals surface area contributed by atoms with Crippen LogP contribution in [0, 0.1) is 0 Å². The fraction of sp³-hybridized carbons (Fsp3) is 0.500. The van der Waals surface area contributed by atoms with Crippen LogP contribution in [0.5, 0.6) is 0 Å². The number of primary sulfonamides is 1. The van der Waals surface area contributed by atoms with E-state index >= 15 is 0 Å². The van der Waals surface area contributed by atoms with Crippen LogP contribution in [0.3, 0.4) is 0 Å². The zero-order valence-corrected chi connectivity index (χ0v) is 13.4. The highest BCUT2D eigenvalue weighted by Gasteiger charge is 2.27. The first-order valence-corrected chi connectivity index (χ1v) is 9.76. The summed E-state index contributed by atoms with van der Waals surface area (Å²) in [5.74, 6) is 0.0702. The van der Waals surface area contributed by atoms with Crippen LogP contribution >= 0.6 is 0 Å². The number of hydrogen-bond acceptors (Lipinski definition) is 5. The Morgan fingerprint density at radius 3 is 2.14 bits per heavy atom. The summed E-state index contributed by atoms with van der Waals surface area (Å²) >= 11 is 0. The van der Waals surface area contributed by atoms with Gasteiger partial charge in [0.2, 0.25) is 20.0 Å². The number of para-hydroxylation sites is 1. The summed E-state index contributed by atoms with van der Waals surface area (Å²) in [4.78, 5) is 1.92. The summed E-state index contributed by atoms with van der Waals surface area (Å²) in [6, 6.07) is 6.49. The van der Waals surface area contributed by atoms with Crippen molar-refractivity contribution in [3.05, 3.63) is 24.3 Å². The van der Waals surface area contributed by atoms with Gasteiger partial charge in [0.15, 0.2) is 0 Å². The van der Waals surface area contributed by atoms with Crippen molar-refractivity contribution in [1.29, 1.82) is 0 Å². The predicted octanol–water partition coefficient (Wildman–Crippen LogP) is -0.194. The molecule has 1 aliphatic rings. The third-order valence-electron chi connectivity index (χ3n) is 3.51. The molecule has 118 valence electrons. The van der Waals surface area contributed by atoms with E-state index < -0.39 is 20.0 Å². The number of anilines is 1. The molecular formula is C12H19N3O4S2. The van der Waals surface area contributed by atoms with Gasteiger partial charge in [0, 0.05) is 26.2 Å². The van der Waals surface area contributed by atoms with E-state index in [-0.39, 0.29) is 10.6 Å². The van der Waals surface area contributed by atoms with E-state index in [2.05, 4.69) is 0 Å².